The van der Waals surface area contributed by atoms with Gasteiger partial charge in [-0.1, -0.05) is 6.07 Å². The summed E-state index contributed by atoms with van der Waals surface area (Å²) in [6.07, 6.45) is 1.74. The number of methoxy groups -OCH3 is 2. The van der Waals surface area contributed by atoms with Gasteiger partial charge in [0.05, 0.1) is 23.2 Å². The molecule has 0 spiro atoms. The van der Waals surface area contributed by atoms with E-state index in [1.54, 1.807) is 14.2 Å². The van der Waals surface area contributed by atoms with Crippen LogP contribution < -0.4 is 24.3 Å². The lowest BCUT2D eigenvalue weighted by Gasteiger charge is -2.30. The fraction of sp³-hybridized carbons (Fsp3) is 0.368. The second kappa shape index (κ2) is 8.47. The van der Waals surface area contributed by atoms with Crippen molar-refractivity contribution in [1.29, 1.82) is 0 Å². The maximum atomic E-state index is 5.74. The molecule has 5 nitrogen and oxygen atoms in total. The first-order chi connectivity index (χ1) is 12.6. The van der Waals surface area contributed by atoms with Crippen LogP contribution in [-0.4, -0.2) is 27.6 Å². The molecule has 0 fully saturated rings. The van der Waals surface area contributed by atoms with E-state index >= 15 is 0 Å². The number of halogens is 3. The van der Waals surface area contributed by atoms with Gasteiger partial charge in [-0.05, 0) is 74.5 Å². The Hall–Kier alpha value is -1.15. The van der Waals surface area contributed by atoms with Crippen LogP contribution in [-0.2, 0) is 12.8 Å². The van der Waals surface area contributed by atoms with Crippen LogP contribution in [0.15, 0.2) is 27.1 Å². The van der Waals surface area contributed by atoms with Gasteiger partial charge in [0.25, 0.3) is 0 Å². The van der Waals surface area contributed by atoms with Crippen LogP contribution in [0.2, 0.25) is 0 Å². The van der Waals surface area contributed by atoms with E-state index in [4.69, 9.17) is 18.9 Å². The minimum Gasteiger partial charge on any atom is -0.496 e. The van der Waals surface area contributed by atoms with Crippen molar-refractivity contribution in [3.8, 4) is 23.0 Å². The molecule has 27 heavy (non-hydrogen) atoms. The topological polar surface area (TPSA) is 49.0 Å². The highest BCUT2D eigenvalue weighted by Crippen LogP contribution is 2.53. The summed E-state index contributed by atoms with van der Waals surface area (Å²) in [6.45, 7) is 1.12. The maximum Gasteiger partial charge on any atom is 0.231 e. The number of fused-ring (bicyclic) bond motifs is 2. The first-order valence-electron chi connectivity index (χ1n) is 8.37. The quantitative estimate of drug-likeness (QED) is 0.626. The van der Waals surface area contributed by atoms with Crippen molar-refractivity contribution in [3.05, 3.63) is 43.8 Å². The minimum atomic E-state index is 0. The third-order valence-electron chi connectivity index (χ3n) is 4.83. The van der Waals surface area contributed by atoms with Crippen molar-refractivity contribution in [2.75, 3.05) is 27.6 Å². The van der Waals surface area contributed by atoms with Crippen LogP contribution in [0.4, 0.5) is 0 Å². The average Bonchev–Trinajstić information content (AvgIpc) is 3.13. The lowest BCUT2D eigenvalue weighted by molar-refractivity contribution is 0.170. The van der Waals surface area contributed by atoms with E-state index in [9.17, 15) is 0 Å². The molecule has 1 unspecified atom stereocenters. The minimum absolute atomic E-state index is 0. The molecule has 2 aliphatic rings. The number of rotatable bonds is 4. The molecule has 146 valence electrons. The van der Waals surface area contributed by atoms with Gasteiger partial charge >= 0.3 is 0 Å². The number of hydrogen-bond acceptors (Lipinski definition) is 5. The predicted octanol–water partition coefficient (Wildman–Crippen LogP) is 4.81. The van der Waals surface area contributed by atoms with E-state index in [0.717, 1.165) is 51.1 Å². The van der Waals surface area contributed by atoms with Crippen LogP contribution in [0, 0.1) is 0 Å². The first kappa shape index (κ1) is 20.6. The van der Waals surface area contributed by atoms with Crippen molar-refractivity contribution < 1.29 is 18.9 Å². The summed E-state index contributed by atoms with van der Waals surface area (Å²) in [5.41, 5.74) is 3.57. The van der Waals surface area contributed by atoms with E-state index in [0.29, 0.717) is 5.75 Å². The predicted molar refractivity (Wildman–Crippen MR) is 113 cm³/mol. The highest BCUT2D eigenvalue weighted by atomic mass is 79.9. The highest BCUT2D eigenvalue weighted by Gasteiger charge is 2.34. The normalized spacial score (nSPS) is 17.1. The van der Waals surface area contributed by atoms with Gasteiger partial charge in [0.2, 0.25) is 12.5 Å². The average molecular weight is 522 g/mol. The van der Waals surface area contributed by atoms with E-state index in [1.807, 2.05) is 6.07 Å². The Bertz CT molecular complexity index is 862. The highest BCUT2D eigenvalue weighted by molar-refractivity contribution is 9.11. The van der Waals surface area contributed by atoms with Gasteiger partial charge in [0.15, 0.2) is 11.5 Å². The van der Waals surface area contributed by atoms with Crippen LogP contribution in [0.1, 0.15) is 22.7 Å². The molecule has 0 saturated heterocycles. The van der Waals surface area contributed by atoms with Gasteiger partial charge in [-0.15, -0.1) is 12.4 Å². The second-order valence-corrected chi connectivity index (χ2v) is 7.88. The third kappa shape index (κ3) is 3.62. The smallest absolute Gasteiger partial charge is 0.231 e. The second-order valence-electron chi connectivity index (χ2n) is 6.23. The summed E-state index contributed by atoms with van der Waals surface area (Å²) < 4.78 is 24.3. The lowest BCUT2D eigenvalue weighted by atomic mass is 9.89. The number of nitrogens with one attached hydrogen (secondary N) is 1. The standard InChI is InChI=1S/C19H19Br2NO4.ClH/c1-23-14-4-3-10(7-12(14)20)8-13-15-11(5-6-22-13)16(21)18-19(17(15)24-2)26-9-25-18;/h3-4,7,13,22H,5-6,8-9H2,1-2H3;1H. The van der Waals surface area contributed by atoms with Gasteiger partial charge in [-0.2, -0.15) is 0 Å². The van der Waals surface area contributed by atoms with E-state index in [2.05, 4.69) is 49.3 Å². The Labute approximate surface area is 181 Å². The molecule has 4 rings (SSSR count). The molecule has 8 heteroatoms. The van der Waals surface area contributed by atoms with Gasteiger partial charge in [-0.25, -0.2) is 0 Å². The van der Waals surface area contributed by atoms with Gasteiger partial charge in [-0.3, -0.25) is 0 Å². The van der Waals surface area contributed by atoms with Gasteiger partial charge in [0, 0.05) is 11.6 Å². The third-order valence-corrected chi connectivity index (χ3v) is 6.29. The number of ether oxygens (including phenoxy) is 4. The zero-order valence-electron chi connectivity index (χ0n) is 14.9. The van der Waals surface area contributed by atoms with Crippen molar-refractivity contribution in [2.45, 2.75) is 18.9 Å². The molecule has 0 aromatic heterocycles. The van der Waals surface area contributed by atoms with Crippen molar-refractivity contribution in [3.63, 3.8) is 0 Å². The zero-order valence-corrected chi connectivity index (χ0v) is 18.9. The summed E-state index contributed by atoms with van der Waals surface area (Å²) in [4.78, 5) is 0. The van der Waals surface area contributed by atoms with E-state index in [1.165, 1.54) is 11.1 Å². The molecule has 1 atom stereocenters. The molecule has 0 radical (unpaired) electrons. The fourth-order valence-electron chi connectivity index (χ4n) is 3.66. The lowest BCUT2D eigenvalue weighted by Crippen LogP contribution is -2.32. The summed E-state index contributed by atoms with van der Waals surface area (Å²) in [7, 11) is 3.35. The van der Waals surface area contributed by atoms with Crippen LogP contribution in [0.3, 0.4) is 0 Å². The Balaban J connectivity index is 0.00000210. The Morgan fingerprint density at radius 3 is 2.63 bits per heavy atom. The summed E-state index contributed by atoms with van der Waals surface area (Å²) in [6, 6.07) is 6.30. The molecule has 0 saturated carbocycles. The molecule has 2 aromatic rings. The van der Waals surface area contributed by atoms with Gasteiger partial charge < -0.3 is 24.3 Å². The van der Waals surface area contributed by atoms with Crippen LogP contribution in [0.5, 0.6) is 23.0 Å². The number of benzene rings is 2. The largest absolute Gasteiger partial charge is 0.496 e. The molecule has 2 heterocycles. The van der Waals surface area contributed by atoms with Crippen LogP contribution in [0.25, 0.3) is 0 Å². The van der Waals surface area contributed by atoms with Crippen molar-refractivity contribution in [1.82, 2.24) is 5.32 Å². The number of hydrogen-bond donors (Lipinski definition) is 1. The molecule has 1 N–H and O–H groups in total. The SMILES string of the molecule is COc1ccc(CC2NCCc3c(Br)c4c(c(OC)c32)OCO4)cc1Br.Cl. The Kier molecular flexibility index (Phi) is 6.46. The fourth-order valence-corrected chi connectivity index (χ4v) is 4.96. The molecular weight excluding hydrogens is 501 g/mol. The zero-order chi connectivity index (χ0) is 18.3. The summed E-state index contributed by atoms with van der Waals surface area (Å²) >= 11 is 7.28. The molecular formula is C19H20Br2ClNO4. The van der Waals surface area contributed by atoms with Gasteiger partial charge in [0.1, 0.15) is 5.75 Å². The monoisotopic (exact) mass is 519 g/mol. The maximum absolute atomic E-state index is 5.74. The summed E-state index contributed by atoms with van der Waals surface area (Å²) in [5.74, 6) is 3.02. The van der Waals surface area contributed by atoms with Crippen LogP contribution >= 0.6 is 44.3 Å². The van der Waals surface area contributed by atoms with E-state index in [-0.39, 0.29) is 25.2 Å². The Morgan fingerprint density at radius 1 is 1.15 bits per heavy atom. The molecule has 2 aromatic carbocycles. The van der Waals surface area contributed by atoms with Crippen molar-refractivity contribution in [2.24, 2.45) is 0 Å². The summed E-state index contributed by atoms with van der Waals surface area (Å²) in [5, 5.41) is 3.62. The van der Waals surface area contributed by atoms with E-state index < -0.39 is 0 Å². The molecule has 2 aliphatic heterocycles. The first-order valence-corrected chi connectivity index (χ1v) is 9.96. The molecule has 0 aliphatic carbocycles. The van der Waals surface area contributed by atoms with Crippen molar-refractivity contribution >= 4 is 44.3 Å². The molecule has 0 amide bonds. The molecule has 0 bridgehead atoms. The Morgan fingerprint density at radius 2 is 1.93 bits per heavy atom.